The van der Waals surface area contributed by atoms with Crippen LogP contribution in [0.25, 0.3) is 0 Å². The van der Waals surface area contributed by atoms with E-state index >= 15 is 0 Å². The van der Waals surface area contributed by atoms with Crippen molar-refractivity contribution in [3.63, 3.8) is 0 Å². The molecule has 1 fully saturated rings. The molecule has 0 atom stereocenters. The second-order valence-corrected chi connectivity index (χ2v) is 3.27. The van der Waals surface area contributed by atoms with Crippen LogP contribution in [0.4, 0.5) is 0 Å². The highest BCUT2D eigenvalue weighted by Gasteiger charge is 2.25. The molecule has 1 amide bonds. The van der Waals surface area contributed by atoms with Gasteiger partial charge in [0.25, 0.3) is 0 Å². The van der Waals surface area contributed by atoms with Gasteiger partial charge in [0.2, 0.25) is 5.91 Å². The summed E-state index contributed by atoms with van der Waals surface area (Å²) in [6, 6.07) is 0. The van der Waals surface area contributed by atoms with Crippen molar-refractivity contribution in [3.8, 4) is 0 Å². The Kier molecular flexibility index (Phi) is 2.63. The highest BCUT2D eigenvalue weighted by molar-refractivity contribution is 6.05. The van der Waals surface area contributed by atoms with Gasteiger partial charge in [0.15, 0.2) is 5.78 Å². The number of hydrogen-bond acceptors (Lipinski definition) is 2. The molecule has 0 spiro atoms. The first-order chi connectivity index (χ1) is 5.59. The molecule has 3 nitrogen and oxygen atoms in total. The molecule has 0 unspecified atom stereocenters. The number of carbonyl (C=O) groups is 2. The van der Waals surface area contributed by atoms with Gasteiger partial charge in [-0.2, -0.15) is 0 Å². The van der Waals surface area contributed by atoms with E-state index in [1.807, 2.05) is 19.9 Å². The third kappa shape index (κ3) is 2.19. The van der Waals surface area contributed by atoms with E-state index in [0.29, 0.717) is 13.1 Å². The third-order valence-electron chi connectivity index (χ3n) is 1.79. The van der Waals surface area contributed by atoms with Crippen molar-refractivity contribution in [2.75, 3.05) is 13.1 Å². The summed E-state index contributed by atoms with van der Waals surface area (Å²) in [6.45, 7) is 4.82. The maximum absolute atomic E-state index is 11.1. The number of rotatable bonds is 2. The van der Waals surface area contributed by atoms with Crippen LogP contribution in [0, 0.1) is 0 Å². The van der Waals surface area contributed by atoms with E-state index < -0.39 is 0 Å². The van der Waals surface area contributed by atoms with Gasteiger partial charge in [-0.15, -0.1) is 0 Å². The van der Waals surface area contributed by atoms with Gasteiger partial charge in [0, 0.05) is 6.54 Å². The molecule has 0 bridgehead atoms. The molecule has 0 aromatic carbocycles. The standard InChI is InChI=1S/C9H13NO2/c1-7(2)3-4-10-6-8(11)5-9(10)12/h3H,4-6H2,1-2H3. The third-order valence-corrected chi connectivity index (χ3v) is 1.79. The lowest BCUT2D eigenvalue weighted by atomic mass is 10.3. The molecular formula is C9H13NO2. The summed E-state index contributed by atoms with van der Waals surface area (Å²) in [5.41, 5.74) is 1.17. The van der Waals surface area contributed by atoms with Crippen molar-refractivity contribution in [2.45, 2.75) is 20.3 Å². The van der Waals surface area contributed by atoms with Crippen molar-refractivity contribution < 1.29 is 9.59 Å². The molecule has 3 heteroatoms. The number of hydrogen-bond donors (Lipinski definition) is 0. The van der Waals surface area contributed by atoms with Crippen LogP contribution in [0.1, 0.15) is 20.3 Å². The lowest BCUT2D eigenvalue weighted by Crippen LogP contribution is -2.25. The van der Waals surface area contributed by atoms with Crippen LogP contribution in [0.5, 0.6) is 0 Å². The van der Waals surface area contributed by atoms with E-state index in [2.05, 4.69) is 0 Å². The highest BCUT2D eigenvalue weighted by Crippen LogP contribution is 2.06. The zero-order chi connectivity index (χ0) is 9.14. The summed E-state index contributed by atoms with van der Waals surface area (Å²) >= 11 is 0. The largest absolute Gasteiger partial charge is 0.331 e. The van der Waals surface area contributed by atoms with Crippen LogP contribution in [-0.2, 0) is 9.59 Å². The van der Waals surface area contributed by atoms with Crippen LogP contribution in [0.3, 0.4) is 0 Å². The minimum Gasteiger partial charge on any atom is -0.331 e. The van der Waals surface area contributed by atoms with E-state index in [1.54, 1.807) is 4.90 Å². The van der Waals surface area contributed by atoms with Gasteiger partial charge in [-0.05, 0) is 13.8 Å². The van der Waals surface area contributed by atoms with E-state index in [-0.39, 0.29) is 18.1 Å². The van der Waals surface area contributed by atoms with Gasteiger partial charge >= 0.3 is 0 Å². The SMILES string of the molecule is CC(C)=CCN1CC(=O)CC1=O. The van der Waals surface area contributed by atoms with E-state index in [1.165, 1.54) is 5.57 Å². The first-order valence-electron chi connectivity index (χ1n) is 4.02. The number of allylic oxidation sites excluding steroid dienone is 1. The first-order valence-corrected chi connectivity index (χ1v) is 4.02. The molecule has 0 aromatic rings. The summed E-state index contributed by atoms with van der Waals surface area (Å²) in [5, 5.41) is 0. The molecule has 0 aliphatic carbocycles. The summed E-state index contributed by atoms with van der Waals surface area (Å²) < 4.78 is 0. The van der Waals surface area contributed by atoms with Gasteiger partial charge in [0.1, 0.15) is 0 Å². The number of carbonyl (C=O) groups excluding carboxylic acids is 2. The van der Waals surface area contributed by atoms with Crippen molar-refractivity contribution in [3.05, 3.63) is 11.6 Å². The summed E-state index contributed by atoms with van der Waals surface area (Å²) in [7, 11) is 0. The molecule has 0 N–H and O–H groups in total. The first kappa shape index (κ1) is 8.97. The van der Waals surface area contributed by atoms with Crippen molar-refractivity contribution >= 4 is 11.7 Å². The predicted molar refractivity (Wildman–Crippen MR) is 45.6 cm³/mol. The Morgan fingerprint density at radius 3 is 2.58 bits per heavy atom. The predicted octanol–water partition coefficient (Wildman–Crippen LogP) is 0.754. The topological polar surface area (TPSA) is 37.4 Å². The van der Waals surface area contributed by atoms with Crippen LogP contribution in [0.2, 0.25) is 0 Å². The minimum absolute atomic E-state index is 0.0298. The van der Waals surface area contributed by atoms with Gasteiger partial charge in [-0.3, -0.25) is 9.59 Å². The molecule has 0 radical (unpaired) electrons. The molecule has 66 valence electrons. The lowest BCUT2D eigenvalue weighted by molar-refractivity contribution is -0.127. The Morgan fingerprint density at radius 2 is 2.17 bits per heavy atom. The molecule has 1 aliphatic rings. The minimum atomic E-state index is -0.0440. The van der Waals surface area contributed by atoms with Crippen LogP contribution >= 0.6 is 0 Å². The van der Waals surface area contributed by atoms with Crippen LogP contribution < -0.4 is 0 Å². The Morgan fingerprint density at radius 1 is 1.50 bits per heavy atom. The number of ketones is 1. The maximum Gasteiger partial charge on any atom is 0.230 e. The highest BCUT2D eigenvalue weighted by atomic mass is 16.2. The number of likely N-dealkylation sites (tertiary alicyclic amines) is 1. The Balaban J connectivity index is 2.49. The van der Waals surface area contributed by atoms with Gasteiger partial charge < -0.3 is 4.90 Å². The fourth-order valence-corrected chi connectivity index (χ4v) is 1.10. The van der Waals surface area contributed by atoms with Gasteiger partial charge in [-0.25, -0.2) is 0 Å². The van der Waals surface area contributed by atoms with Crippen molar-refractivity contribution in [1.82, 2.24) is 4.90 Å². The van der Waals surface area contributed by atoms with Gasteiger partial charge in [0.05, 0.1) is 13.0 Å². The maximum atomic E-state index is 11.1. The Hall–Kier alpha value is -1.12. The molecule has 1 rings (SSSR count). The summed E-state index contributed by atoms with van der Waals surface area (Å²) in [5.74, 6) is -0.0142. The Labute approximate surface area is 72.0 Å². The molecule has 0 saturated carbocycles. The zero-order valence-corrected chi connectivity index (χ0v) is 7.46. The normalized spacial score (nSPS) is 17.0. The summed E-state index contributed by atoms with van der Waals surface area (Å²) in [6.07, 6.45) is 2.05. The van der Waals surface area contributed by atoms with E-state index in [0.717, 1.165) is 0 Å². The fourth-order valence-electron chi connectivity index (χ4n) is 1.10. The summed E-state index contributed by atoms with van der Waals surface area (Å²) in [4.78, 5) is 23.5. The molecule has 1 aliphatic heterocycles. The quantitative estimate of drug-likeness (QED) is 0.449. The smallest absolute Gasteiger partial charge is 0.230 e. The molecule has 1 saturated heterocycles. The van der Waals surface area contributed by atoms with Crippen LogP contribution in [0.15, 0.2) is 11.6 Å². The van der Waals surface area contributed by atoms with Gasteiger partial charge in [-0.1, -0.05) is 11.6 Å². The lowest BCUT2D eigenvalue weighted by Gasteiger charge is -2.11. The molecular weight excluding hydrogens is 154 g/mol. The molecule has 0 aromatic heterocycles. The second-order valence-electron chi connectivity index (χ2n) is 3.27. The van der Waals surface area contributed by atoms with Crippen molar-refractivity contribution in [1.29, 1.82) is 0 Å². The molecule has 1 heterocycles. The van der Waals surface area contributed by atoms with Crippen molar-refractivity contribution in [2.24, 2.45) is 0 Å². The average molecular weight is 167 g/mol. The monoisotopic (exact) mass is 167 g/mol. The number of nitrogens with zero attached hydrogens (tertiary/aromatic N) is 1. The fraction of sp³-hybridized carbons (Fsp3) is 0.556. The number of Topliss-reactive ketones (excluding diaryl/α,β-unsaturated/α-hetero) is 1. The molecule has 12 heavy (non-hydrogen) atoms. The van der Waals surface area contributed by atoms with E-state index in [4.69, 9.17) is 0 Å². The average Bonchev–Trinajstić information content (AvgIpc) is 2.26. The second kappa shape index (κ2) is 3.52. The van der Waals surface area contributed by atoms with E-state index in [9.17, 15) is 9.59 Å². The Bertz CT molecular complexity index is 239. The van der Waals surface area contributed by atoms with Crippen LogP contribution in [-0.4, -0.2) is 29.7 Å². The number of amides is 1. The zero-order valence-electron chi connectivity index (χ0n) is 7.46.